The molecule has 0 atom stereocenters. The van der Waals surface area contributed by atoms with Crippen LogP contribution in [0.15, 0.2) is 0 Å². The molecule has 0 spiro atoms. The molecule has 4 heteroatoms. The third kappa shape index (κ3) is 1.97. The van der Waals surface area contributed by atoms with Crippen LogP contribution in [0.1, 0.15) is 19.3 Å². The first-order valence-corrected chi connectivity index (χ1v) is 5.33. The van der Waals surface area contributed by atoms with Crippen LogP contribution in [0.4, 0.5) is 4.79 Å². The topological polar surface area (TPSA) is 23.6 Å². The van der Waals surface area contributed by atoms with E-state index in [4.69, 9.17) is 11.6 Å². The zero-order chi connectivity index (χ0) is 9.26. The fraction of sp³-hybridized carbons (Fsp3) is 0.889. The Bertz CT molecular complexity index is 198. The molecule has 2 aliphatic heterocycles. The third-order valence-electron chi connectivity index (χ3n) is 3.02. The van der Waals surface area contributed by atoms with Crippen LogP contribution < -0.4 is 0 Å². The Balaban J connectivity index is 1.75. The molecule has 0 aromatic heterocycles. The van der Waals surface area contributed by atoms with Gasteiger partial charge in [-0.1, -0.05) is 6.42 Å². The molecule has 0 bridgehead atoms. The van der Waals surface area contributed by atoms with Gasteiger partial charge in [-0.25, -0.2) is 0 Å². The van der Waals surface area contributed by atoms with E-state index >= 15 is 0 Å². The number of rotatable bonds is 1. The van der Waals surface area contributed by atoms with Crippen molar-refractivity contribution in [1.82, 2.24) is 9.80 Å². The summed E-state index contributed by atoms with van der Waals surface area (Å²) in [4.78, 5) is 14.9. The van der Waals surface area contributed by atoms with Crippen molar-refractivity contribution < 1.29 is 4.79 Å². The first kappa shape index (κ1) is 9.28. The van der Waals surface area contributed by atoms with Crippen molar-refractivity contribution in [1.29, 1.82) is 0 Å². The van der Waals surface area contributed by atoms with E-state index < -0.39 is 0 Å². The standard InChI is InChI=1S/C9H15ClN2O/c10-9(13)12-6-8(7-12)11-4-2-1-3-5-11/h8H,1-7H2. The van der Waals surface area contributed by atoms with Crippen molar-refractivity contribution in [2.45, 2.75) is 25.3 Å². The average molecular weight is 203 g/mol. The lowest BCUT2D eigenvalue weighted by atomic mass is 10.0. The smallest absolute Gasteiger partial charge is 0.316 e. The summed E-state index contributed by atoms with van der Waals surface area (Å²) in [6.07, 6.45) is 3.98. The first-order chi connectivity index (χ1) is 6.27. The first-order valence-electron chi connectivity index (χ1n) is 4.96. The largest absolute Gasteiger partial charge is 0.326 e. The molecule has 0 aromatic carbocycles. The summed E-state index contributed by atoms with van der Waals surface area (Å²) < 4.78 is 0. The highest BCUT2D eigenvalue weighted by molar-refractivity contribution is 6.62. The number of hydrogen-bond acceptors (Lipinski definition) is 2. The predicted octanol–water partition coefficient (Wildman–Crippen LogP) is 1.52. The number of piperidine rings is 1. The molecule has 2 rings (SSSR count). The van der Waals surface area contributed by atoms with Crippen LogP contribution >= 0.6 is 11.6 Å². The molecule has 1 amide bonds. The second-order valence-electron chi connectivity index (χ2n) is 3.91. The van der Waals surface area contributed by atoms with Gasteiger partial charge in [0.1, 0.15) is 0 Å². The zero-order valence-corrected chi connectivity index (χ0v) is 8.46. The quantitative estimate of drug-likeness (QED) is 0.476. The summed E-state index contributed by atoms with van der Waals surface area (Å²) in [5, 5.41) is -0.298. The van der Waals surface area contributed by atoms with E-state index in [2.05, 4.69) is 4.90 Å². The van der Waals surface area contributed by atoms with Crippen molar-refractivity contribution >= 4 is 17.0 Å². The van der Waals surface area contributed by atoms with E-state index in [0.717, 1.165) is 13.1 Å². The third-order valence-corrected chi connectivity index (χ3v) is 3.26. The van der Waals surface area contributed by atoms with Crippen molar-refractivity contribution in [3.05, 3.63) is 0 Å². The number of carbonyl (C=O) groups is 1. The lowest BCUT2D eigenvalue weighted by Crippen LogP contribution is -2.60. The molecule has 0 aliphatic carbocycles. The van der Waals surface area contributed by atoms with E-state index in [-0.39, 0.29) is 5.37 Å². The SMILES string of the molecule is O=C(Cl)N1CC(N2CCCCC2)C1. The van der Waals surface area contributed by atoms with E-state index in [0.29, 0.717) is 6.04 Å². The minimum atomic E-state index is -0.298. The Kier molecular flexibility index (Phi) is 2.74. The lowest BCUT2D eigenvalue weighted by molar-refractivity contribution is 0.0526. The Morgan fingerprint density at radius 3 is 2.31 bits per heavy atom. The average Bonchev–Trinajstić information content (AvgIpc) is 2.02. The molecule has 74 valence electrons. The van der Waals surface area contributed by atoms with Crippen molar-refractivity contribution in [3.8, 4) is 0 Å². The minimum absolute atomic E-state index is 0.298. The summed E-state index contributed by atoms with van der Waals surface area (Å²) in [6.45, 7) is 4.08. The summed E-state index contributed by atoms with van der Waals surface area (Å²) >= 11 is 5.35. The maximum Gasteiger partial charge on any atom is 0.316 e. The van der Waals surface area contributed by atoms with Crippen molar-refractivity contribution in [2.75, 3.05) is 26.2 Å². The second kappa shape index (κ2) is 3.84. The highest BCUT2D eigenvalue weighted by Gasteiger charge is 2.34. The summed E-state index contributed by atoms with van der Waals surface area (Å²) in [7, 11) is 0. The number of halogens is 1. The van der Waals surface area contributed by atoms with Crippen molar-refractivity contribution in [3.63, 3.8) is 0 Å². The van der Waals surface area contributed by atoms with Gasteiger partial charge < -0.3 is 4.90 Å². The zero-order valence-electron chi connectivity index (χ0n) is 7.71. The summed E-state index contributed by atoms with van der Waals surface area (Å²) in [5.74, 6) is 0. The van der Waals surface area contributed by atoms with Gasteiger partial charge in [-0.15, -0.1) is 0 Å². The molecule has 2 aliphatic rings. The molecule has 3 nitrogen and oxygen atoms in total. The Morgan fingerprint density at radius 2 is 1.77 bits per heavy atom. The number of carbonyl (C=O) groups excluding carboxylic acids is 1. The summed E-state index contributed by atoms with van der Waals surface area (Å²) in [5.41, 5.74) is 0. The van der Waals surface area contributed by atoms with E-state index in [1.165, 1.54) is 32.4 Å². The van der Waals surface area contributed by atoms with Gasteiger partial charge >= 0.3 is 5.37 Å². The van der Waals surface area contributed by atoms with Crippen LogP contribution in [0.5, 0.6) is 0 Å². The molecule has 2 heterocycles. The Labute approximate surface area is 83.6 Å². The molecule has 0 N–H and O–H groups in total. The molecule has 2 fully saturated rings. The fourth-order valence-corrected chi connectivity index (χ4v) is 2.25. The van der Waals surface area contributed by atoms with E-state index in [1.54, 1.807) is 4.90 Å². The van der Waals surface area contributed by atoms with Gasteiger partial charge in [-0.2, -0.15) is 0 Å². The molecular weight excluding hydrogens is 188 g/mol. The van der Waals surface area contributed by atoms with Gasteiger partial charge in [0.05, 0.1) is 0 Å². The molecule has 2 saturated heterocycles. The molecule has 0 radical (unpaired) electrons. The van der Waals surface area contributed by atoms with Gasteiger partial charge in [0.25, 0.3) is 0 Å². The number of likely N-dealkylation sites (tertiary alicyclic amines) is 2. The molecule has 0 aromatic rings. The minimum Gasteiger partial charge on any atom is -0.326 e. The second-order valence-corrected chi connectivity index (χ2v) is 4.23. The van der Waals surface area contributed by atoms with Gasteiger partial charge in [0.15, 0.2) is 0 Å². The normalized spacial score (nSPS) is 25.8. The lowest BCUT2D eigenvalue weighted by Gasteiger charge is -2.45. The van der Waals surface area contributed by atoms with E-state index in [1.807, 2.05) is 0 Å². The molecular formula is C9H15ClN2O. The number of hydrogen-bond donors (Lipinski definition) is 0. The molecule has 0 saturated carbocycles. The highest BCUT2D eigenvalue weighted by Crippen LogP contribution is 2.20. The van der Waals surface area contributed by atoms with Gasteiger partial charge in [0.2, 0.25) is 0 Å². The van der Waals surface area contributed by atoms with E-state index in [9.17, 15) is 4.79 Å². The highest BCUT2D eigenvalue weighted by atomic mass is 35.5. The van der Waals surface area contributed by atoms with Gasteiger partial charge in [0, 0.05) is 19.1 Å². The van der Waals surface area contributed by atoms with Crippen LogP contribution in [-0.2, 0) is 0 Å². The van der Waals surface area contributed by atoms with Crippen molar-refractivity contribution in [2.24, 2.45) is 0 Å². The van der Waals surface area contributed by atoms with Crippen LogP contribution in [0, 0.1) is 0 Å². The fourth-order valence-electron chi connectivity index (χ4n) is 2.11. The van der Waals surface area contributed by atoms with Crippen LogP contribution in [0.25, 0.3) is 0 Å². The van der Waals surface area contributed by atoms with Gasteiger partial charge in [-0.05, 0) is 37.5 Å². The Hall–Kier alpha value is -0.280. The number of amides is 1. The molecule has 13 heavy (non-hydrogen) atoms. The Morgan fingerprint density at radius 1 is 1.15 bits per heavy atom. The maximum absolute atomic E-state index is 10.7. The maximum atomic E-state index is 10.7. The monoisotopic (exact) mass is 202 g/mol. The molecule has 0 unspecified atom stereocenters. The van der Waals surface area contributed by atoms with Crippen LogP contribution in [0.2, 0.25) is 0 Å². The summed E-state index contributed by atoms with van der Waals surface area (Å²) in [6, 6.07) is 0.586. The predicted molar refractivity (Wildman–Crippen MR) is 52.0 cm³/mol. The van der Waals surface area contributed by atoms with Crippen LogP contribution in [-0.4, -0.2) is 47.4 Å². The number of nitrogens with zero attached hydrogens (tertiary/aromatic N) is 2. The van der Waals surface area contributed by atoms with Gasteiger partial charge in [-0.3, -0.25) is 9.69 Å². The van der Waals surface area contributed by atoms with Crippen LogP contribution in [0.3, 0.4) is 0 Å².